The number of methoxy groups -OCH3 is 1. The Morgan fingerprint density at radius 3 is 2.74 bits per heavy atom. The van der Waals surface area contributed by atoms with Gasteiger partial charge in [-0.3, -0.25) is 4.79 Å². The Kier molecular flexibility index (Phi) is 4.35. The van der Waals surface area contributed by atoms with Crippen molar-refractivity contribution in [1.29, 1.82) is 0 Å². The Labute approximate surface area is 117 Å². The van der Waals surface area contributed by atoms with Gasteiger partial charge < -0.3 is 10.1 Å². The van der Waals surface area contributed by atoms with Gasteiger partial charge in [-0.1, -0.05) is 12.1 Å². The minimum absolute atomic E-state index is 0.0595. The SMILES string of the molecule is COCc1cccc(NC(=O)c2cc(C)c(C)s2)c1. The molecule has 0 atom stereocenters. The first-order valence-electron chi connectivity index (χ1n) is 6.06. The molecule has 0 spiro atoms. The molecule has 4 heteroatoms. The maximum atomic E-state index is 12.1. The van der Waals surface area contributed by atoms with Gasteiger partial charge in [-0.25, -0.2) is 0 Å². The van der Waals surface area contributed by atoms with E-state index in [1.54, 1.807) is 7.11 Å². The van der Waals surface area contributed by atoms with Crippen LogP contribution in [0.3, 0.4) is 0 Å². The minimum atomic E-state index is -0.0595. The molecule has 1 heterocycles. The van der Waals surface area contributed by atoms with Crippen LogP contribution in [0.1, 0.15) is 25.7 Å². The topological polar surface area (TPSA) is 38.3 Å². The van der Waals surface area contributed by atoms with Crippen molar-refractivity contribution in [3.63, 3.8) is 0 Å². The third-order valence-electron chi connectivity index (χ3n) is 2.89. The first kappa shape index (κ1) is 13.8. The lowest BCUT2D eigenvalue weighted by atomic mass is 10.2. The Morgan fingerprint density at radius 1 is 1.32 bits per heavy atom. The number of rotatable bonds is 4. The van der Waals surface area contributed by atoms with E-state index >= 15 is 0 Å². The van der Waals surface area contributed by atoms with E-state index in [0.29, 0.717) is 6.61 Å². The van der Waals surface area contributed by atoms with E-state index in [2.05, 4.69) is 5.32 Å². The normalized spacial score (nSPS) is 10.5. The molecule has 0 aliphatic rings. The molecule has 0 bridgehead atoms. The highest BCUT2D eigenvalue weighted by Gasteiger charge is 2.10. The van der Waals surface area contributed by atoms with Crippen LogP contribution in [0.25, 0.3) is 0 Å². The van der Waals surface area contributed by atoms with Gasteiger partial charge in [0.2, 0.25) is 0 Å². The van der Waals surface area contributed by atoms with Crippen molar-refractivity contribution in [3.05, 3.63) is 51.2 Å². The zero-order valence-corrected chi connectivity index (χ0v) is 12.1. The van der Waals surface area contributed by atoms with Crippen molar-refractivity contribution in [2.24, 2.45) is 0 Å². The third-order valence-corrected chi connectivity index (χ3v) is 4.04. The molecule has 2 aromatic rings. The number of amides is 1. The van der Waals surface area contributed by atoms with E-state index in [4.69, 9.17) is 4.74 Å². The molecule has 100 valence electrons. The second-order valence-electron chi connectivity index (χ2n) is 4.44. The number of hydrogen-bond acceptors (Lipinski definition) is 3. The van der Waals surface area contributed by atoms with Crippen LogP contribution in [0.15, 0.2) is 30.3 Å². The standard InChI is InChI=1S/C15H17NO2S/c1-10-7-14(19-11(10)2)15(17)16-13-6-4-5-12(8-13)9-18-3/h4-8H,9H2,1-3H3,(H,16,17). The van der Waals surface area contributed by atoms with E-state index in [0.717, 1.165) is 21.7 Å². The van der Waals surface area contributed by atoms with Crippen molar-refractivity contribution in [3.8, 4) is 0 Å². The molecule has 0 saturated carbocycles. The second-order valence-corrected chi connectivity index (χ2v) is 5.69. The van der Waals surface area contributed by atoms with Crippen molar-refractivity contribution < 1.29 is 9.53 Å². The summed E-state index contributed by atoms with van der Waals surface area (Å²) < 4.78 is 5.08. The first-order valence-corrected chi connectivity index (χ1v) is 6.88. The summed E-state index contributed by atoms with van der Waals surface area (Å²) in [5.74, 6) is -0.0595. The lowest BCUT2D eigenvalue weighted by molar-refractivity contribution is 0.103. The van der Waals surface area contributed by atoms with Crippen LogP contribution in [-0.2, 0) is 11.3 Å². The van der Waals surface area contributed by atoms with E-state index in [9.17, 15) is 4.79 Å². The number of ether oxygens (including phenoxy) is 1. The number of nitrogens with one attached hydrogen (secondary N) is 1. The Hall–Kier alpha value is -1.65. The zero-order valence-electron chi connectivity index (χ0n) is 11.3. The Balaban J connectivity index is 2.12. The monoisotopic (exact) mass is 275 g/mol. The summed E-state index contributed by atoms with van der Waals surface area (Å²) in [5, 5.41) is 2.91. The van der Waals surface area contributed by atoms with Gasteiger partial charge in [-0.2, -0.15) is 0 Å². The molecule has 1 N–H and O–H groups in total. The van der Waals surface area contributed by atoms with Crippen LogP contribution in [0, 0.1) is 13.8 Å². The van der Waals surface area contributed by atoms with Crippen LogP contribution in [0.4, 0.5) is 5.69 Å². The van der Waals surface area contributed by atoms with Gasteiger partial charge in [0, 0.05) is 17.7 Å². The second kappa shape index (κ2) is 5.99. The predicted molar refractivity (Wildman–Crippen MR) is 78.9 cm³/mol. The van der Waals surface area contributed by atoms with Crippen molar-refractivity contribution in [1.82, 2.24) is 0 Å². The third kappa shape index (κ3) is 3.43. The first-order chi connectivity index (χ1) is 9.10. The molecule has 0 saturated heterocycles. The molecule has 0 fully saturated rings. The lowest BCUT2D eigenvalue weighted by Crippen LogP contribution is -2.10. The number of carbonyl (C=O) groups is 1. The summed E-state index contributed by atoms with van der Waals surface area (Å²) >= 11 is 1.52. The summed E-state index contributed by atoms with van der Waals surface area (Å²) in [6.07, 6.45) is 0. The summed E-state index contributed by atoms with van der Waals surface area (Å²) in [6.45, 7) is 4.58. The van der Waals surface area contributed by atoms with Gasteiger partial charge in [-0.15, -0.1) is 11.3 Å². The molecule has 0 unspecified atom stereocenters. The van der Waals surface area contributed by atoms with Crippen LogP contribution in [0.2, 0.25) is 0 Å². The van der Waals surface area contributed by atoms with Gasteiger partial charge >= 0.3 is 0 Å². The highest BCUT2D eigenvalue weighted by atomic mass is 32.1. The van der Waals surface area contributed by atoms with Gasteiger partial charge in [0.15, 0.2) is 0 Å². The van der Waals surface area contributed by atoms with Gasteiger partial charge in [0.25, 0.3) is 5.91 Å². The molecule has 0 aliphatic heterocycles. The summed E-state index contributed by atoms with van der Waals surface area (Å²) in [6, 6.07) is 9.61. The number of thiophene rings is 1. The number of carbonyl (C=O) groups excluding carboxylic acids is 1. The van der Waals surface area contributed by atoms with Gasteiger partial charge in [0.05, 0.1) is 11.5 Å². The van der Waals surface area contributed by atoms with Crippen LogP contribution in [0.5, 0.6) is 0 Å². The molecular formula is C15H17NO2S. The van der Waals surface area contributed by atoms with Gasteiger partial charge in [0.1, 0.15) is 0 Å². The molecular weight excluding hydrogens is 258 g/mol. The Bertz CT molecular complexity index is 570. The number of benzene rings is 1. The molecule has 3 nitrogen and oxygen atoms in total. The number of aryl methyl sites for hydroxylation is 2. The van der Waals surface area contributed by atoms with E-state index in [1.165, 1.54) is 16.2 Å². The highest BCUT2D eigenvalue weighted by molar-refractivity contribution is 7.14. The largest absolute Gasteiger partial charge is 0.380 e. The van der Waals surface area contributed by atoms with Crippen LogP contribution < -0.4 is 5.32 Å². The van der Waals surface area contributed by atoms with Crippen LogP contribution in [-0.4, -0.2) is 13.0 Å². The lowest BCUT2D eigenvalue weighted by Gasteiger charge is -2.06. The minimum Gasteiger partial charge on any atom is -0.380 e. The predicted octanol–water partition coefficient (Wildman–Crippen LogP) is 3.76. The number of hydrogen-bond donors (Lipinski definition) is 1. The van der Waals surface area contributed by atoms with E-state index < -0.39 is 0 Å². The van der Waals surface area contributed by atoms with Crippen molar-refractivity contribution in [2.75, 3.05) is 12.4 Å². The van der Waals surface area contributed by atoms with Crippen molar-refractivity contribution >= 4 is 22.9 Å². The molecule has 1 aromatic heterocycles. The van der Waals surface area contributed by atoms with E-state index in [1.807, 2.05) is 44.2 Å². The zero-order chi connectivity index (χ0) is 13.8. The molecule has 2 rings (SSSR count). The fraction of sp³-hybridized carbons (Fsp3) is 0.267. The van der Waals surface area contributed by atoms with Crippen molar-refractivity contribution in [2.45, 2.75) is 20.5 Å². The maximum Gasteiger partial charge on any atom is 0.265 e. The Morgan fingerprint density at radius 2 is 2.11 bits per heavy atom. The van der Waals surface area contributed by atoms with Crippen LogP contribution >= 0.6 is 11.3 Å². The molecule has 19 heavy (non-hydrogen) atoms. The fourth-order valence-corrected chi connectivity index (χ4v) is 2.71. The average Bonchev–Trinajstić information content (AvgIpc) is 2.71. The molecule has 0 radical (unpaired) electrons. The summed E-state index contributed by atoms with van der Waals surface area (Å²) in [4.78, 5) is 14.0. The fourth-order valence-electron chi connectivity index (χ4n) is 1.78. The number of anilines is 1. The maximum absolute atomic E-state index is 12.1. The van der Waals surface area contributed by atoms with Gasteiger partial charge in [-0.05, 0) is 43.2 Å². The average molecular weight is 275 g/mol. The molecule has 1 amide bonds. The highest BCUT2D eigenvalue weighted by Crippen LogP contribution is 2.22. The molecule has 1 aromatic carbocycles. The van der Waals surface area contributed by atoms with E-state index in [-0.39, 0.29) is 5.91 Å². The quantitative estimate of drug-likeness (QED) is 0.922. The molecule has 0 aliphatic carbocycles. The summed E-state index contributed by atoms with van der Waals surface area (Å²) in [7, 11) is 1.66. The summed E-state index contributed by atoms with van der Waals surface area (Å²) in [5.41, 5.74) is 2.99. The smallest absolute Gasteiger partial charge is 0.265 e.